The highest BCUT2D eigenvalue weighted by molar-refractivity contribution is 4.84. The topological polar surface area (TPSA) is 15.3 Å². The van der Waals surface area contributed by atoms with Crippen molar-refractivity contribution in [3.8, 4) is 0 Å². The van der Waals surface area contributed by atoms with Gasteiger partial charge in [0.25, 0.3) is 0 Å². The van der Waals surface area contributed by atoms with Gasteiger partial charge >= 0.3 is 0 Å². The second-order valence-corrected chi connectivity index (χ2v) is 5.49. The minimum Gasteiger partial charge on any atom is -0.314 e. The Labute approximate surface area is 94.4 Å². The van der Waals surface area contributed by atoms with E-state index < -0.39 is 0 Å². The molecule has 1 N–H and O–H groups in total. The minimum absolute atomic E-state index is 0.821. The average Bonchev–Trinajstić information content (AvgIpc) is 2.96. The molecule has 88 valence electrons. The summed E-state index contributed by atoms with van der Waals surface area (Å²) in [5.74, 6) is 1.01. The Kier molecular flexibility index (Phi) is 4.04. The maximum atomic E-state index is 3.58. The molecule has 1 aliphatic heterocycles. The van der Waals surface area contributed by atoms with Crippen LogP contribution in [0.4, 0.5) is 0 Å². The molecule has 2 unspecified atom stereocenters. The lowest BCUT2D eigenvalue weighted by Crippen LogP contribution is -2.32. The molecule has 2 nitrogen and oxygen atoms in total. The molecule has 15 heavy (non-hydrogen) atoms. The monoisotopic (exact) mass is 210 g/mol. The van der Waals surface area contributed by atoms with Crippen molar-refractivity contribution in [2.75, 3.05) is 20.1 Å². The lowest BCUT2D eigenvalue weighted by molar-refractivity contribution is 0.227. The molecule has 2 rings (SSSR count). The first-order valence-electron chi connectivity index (χ1n) is 6.71. The molecule has 1 saturated carbocycles. The lowest BCUT2D eigenvalue weighted by Gasteiger charge is -2.25. The molecule has 0 radical (unpaired) electrons. The summed E-state index contributed by atoms with van der Waals surface area (Å²) in [7, 11) is 2.30. The molecule has 0 aromatic carbocycles. The van der Waals surface area contributed by atoms with Gasteiger partial charge in [-0.3, -0.25) is 0 Å². The van der Waals surface area contributed by atoms with Crippen LogP contribution >= 0.6 is 0 Å². The van der Waals surface area contributed by atoms with Crippen LogP contribution in [0.25, 0.3) is 0 Å². The predicted molar refractivity (Wildman–Crippen MR) is 65.1 cm³/mol. The van der Waals surface area contributed by atoms with Gasteiger partial charge in [0.1, 0.15) is 0 Å². The molecule has 0 amide bonds. The van der Waals surface area contributed by atoms with Crippen LogP contribution in [0.1, 0.15) is 45.4 Å². The largest absolute Gasteiger partial charge is 0.314 e. The number of hydrogen-bond acceptors (Lipinski definition) is 2. The maximum absolute atomic E-state index is 3.58. The van der Waals surface area contributed by atoms with E-state index in [4.69, 9.17) is 0 Å². The summed E-state index contributed by atoms with van der Waals surface area (Å²) in [6, 6.07) is 1.65. The molecular formula is C13H26N2. The molecule has 1 heterocycles. The highest BCUT2D eigenvalue weighted by Crippen LogP contribution is 2.34. The van der Waals surface area contributed by atoms with Crippen LogP contribution in [0.5, 0.6) is 0 Å². The maximum Gasteiger partial charge on any atom is 0.00921 e. The van der Waals surface area contributed by atoms with Gasteiger partial charge in [0.2, 0.25) is 0 Å². The first kappa shape index (κ1) is 11.4. The van der Waals surface area contributed by atoms with Crippen molar-refractivity contribution in [3.63, 3.8) is 0 Å². The van der Waals surface area contributed by atoms with Crippen molar-refractivity contribution in [2.24, 2.45) is 5.92 Å². The zero-order valence-corrected chi connectivity index (χ0v) is 10.3. The molecule has 0 aromatic heterocycles. The van der Waals surface area contributed by atoms with Crippen LogP contribution in [0.15, 0.2) is 0 Å². The summed E-state index contributed by atoms with van der Waals surface area (Å²) in [5, 5.41) is 3.58. The molecule has 1 aliphatic carbocycles. The standard InChI is InChI=1S/C13H26N2/c1-11(12-7-8-12)15(2)10-4-6-13-5-3-9-14-13/h11-14H,3-10H2,1-2H3. The first-order chi connectivity index (χ1) is 7.27. The molecule has 0 spiro atoms. The van der Waals surface area contributed by atoms with E-state index in [-0.39, 0.29) is 0 Å². The van der Waals surface area contributed by atoms with Crippen molar-refractivity contribution >= 4 is 0 Å². The van der Waals surface area contributed by atoms with Crippen molar-refractivity contribution in [3.05, 3.63) is 0 Å². The Balaban J connectivity index is 1.55. The van der Waals surface area contributed by atoms with Crippen molar-refractivity contribution in [1.29, 1.82) is 0 Å². The van der Waals surface area contributed by atoms with Gasteiger partial charge < -0.3 is 10.2 Å². The van der Waals surface area contributed by atoms with E-state index in [0.29, 0.717) is 0 Å². The van der Waals surface area contributed by atoms with Crippen molar-refractivity contribution in [2.45, 2.75) is 57.5 Å². The van der Waals surface area contributed by atoms with Crippen molar-refractivity contribution in [1.82, 2.24) is 10.2 Å². The number of nitrogens with zero attached hydrogens (tertiary/aromatic N) is 1. The van der Waals surface area contributed by atoms with Gasteiger partial charge in [0, 0.05) is 12.1 Å². The summed E-state index contributed by atoms with van der Waals surface area (Å²) in [6.07, 6.45) is 8.47. The van der Waals surface area contributed by atoms with E-state index in [1.54, 1.807) is 0 Å². The third kappa shape index (κ3) is 3.46. The Morgan fingerprint density at radius 2 is 2.13 bits per heavy atom. The van der Waals surface area contributed by atoms with Crippen LogP contribution in [-0.4, -0.2) is 37.1 Å². The lowest BCUT2D eigenvalue weighted by atomic mass is 10.1. The van der Waals surface area contributed by atoms with Crippen LogP contribution < -0.4 is 5.32 Å². The summed E-state index contributed by atoms with van der Waals surface area (Å²) >= 11 is 0. The third-order valence-corrected chi connectivity index (χ3v) is 4.23. The molecule has 2 fully saturated rings. The van der Waals surface area contributed by atoms with Crippen LogP contribution in [0, 0.1) is 5.92 Å². The number of nitrogens with one attached hydrogen (secondary N) is 1. The van der Waals surface area contributed by atoms with Gasteiger partial charge in [-0.25, -0.2) is 0 Å². The summed E-state index contributed by atoms with van der Waals surface area (Å²) in [5.41, 5.74) is 0. The fourth-order valence-electron chi connectivity index (χ4n) is 2.73. The smallest absolute Gasteiger partial charge is 0.00921 e. The van der Waals surface area contributed by atoms with Gasteiger partial charge in [-0.05, 0) is 71.5 Å². The fourth-order valence-corrected chi connectivity index (χ4v) is 2.73. The van der Waals surface area contributed by atoms with Gasteiger partial charge in [-0.15, -0.1) is 0 Å². The fraction of sp³-hybridized carbons (Fsp3) is 1.00. The summed E-state index contributed by atoms with van der Waals surface area (Å²) in [4.78, 5) is 2.56. The van der Waals surface area contributed by atoms with E-state index in [2.05, 4.69) is 24.2 Å². The Bertz CT molecular complexity index is 183. The predicted octanol–water partition coefficient (Wildman–Crippen LogP) is 2.25. The minimum atomic E-state index is 0.821. The second kappa shape index (κ2) is 5.31. The van der Waals surface area contributed by atoms with Crippen LogP contribution in [0.3, 0.4) is 0 Å². The van der Waals surface area contributed by atoms with Gasteiger partial charge in [0.15, 0.2) is 0 Å². The summed E-state index contributed by atoms with van der Waals surface area (Å²) < 4.78 is 0. The van der Waals surface area contributed by atoms with Gasteiger partial charge in [0.05, 0.1) is 0 Å². The molecule has 2 heteroatoms. The average molecular weight is 210 g/mol. The Hall–Kier alpha value is -0.0800. The number of hydrogen-bond donors (Lipinski definition) is 1. The van der Waals surface area contributed by atoms with Crippen molar-refractivity contribution < 1.29 is 0 Å². The highest BCUT2D eigenvalue weighted by Gasteiger charge is 2.30. The normalized spacial score (nSPS) is 28.6. The highest BCUT2D eigenvalue weighted by atomic mass is 15.1. The Morgan fingerprint density at radius 3 is 2.73 bits per heavy atom. The SMILES string of the molecule is CC(C1CC1)N(C)CCCC1CCCN1. The molecule has 2 atom stereocenters. The van der Waals surface area contributed by atoms with E-state index in [1.807, 2.05) is 0 Å². The zero-order chi connectivity index (χ0) is 10.7. The van der Waals surface area contributed by atoms with E-state index in [1.165, 1.54) is 51.6 Å². The first-order valence-corrected chi connectivity index (χ1v) is 6.71. The van der Waals surface area contributed by atoms with Gasteiger partial charge in [-0.2, -0.15) is 0 Å². The Morgan fingerprint density at radius 1 is 1.33 bits per heavy atom. The molecular weight excluding hydrogens is 184 g/mol. The number of rotatable bonds is 6. The van der Waals surface area contributed by atoms with Crippen LogP contribution in [0.2, 0.25) is 0 Å². The van der Waals surface area contributed by atoms with E-state index >= 15 is 0 Å². The van der Waals surface area contributed by atoms with E-state index in [9.17, 15) is 0 Å². The molecule has 2 aliphatic rings. The van der Waals surface area contributed by atoms with Crippen LogP contribution in [-0.2, 0) is 0 Å². The van der Waals surface area contributed by atoms with Gasteiger partial charge in [-0.1, -0.05) is 0 Å². The quantitative estimate of drug-likeness (QED) is 0.723. The summed E-state index contributed by atoms with van der Waals surface area (Å²) in [6.45, 7) is 4.93. The molecule has 0 bridgehead atoms. The second-order valence-electron chi connectivity index (χ2n) is 5.49. The third-order valence-electron chi connectivity index (χ3n) is 4.23. The van der Waals surface area contributed by atoms with E-state index in [0.717, 1.165) is 18.0 Å². The molecule has 0 aromatic rings. The molecule has 1 saturated heterocycles. The zero-order valence-electron chi connectivity index (χ0n) is 10.3.